The van der Waals surface area contributed by atoms with Gasteiger partial charge in [-0.1, -0.05) is 38.1 Å². The zero-order valence-corrected chi connectivity index (χ0v) is 15.6. The van der Waals surface area contributed by atoms with Gasteiger partial charge in [0.15, 0.2) is 0 Å². The minimum absolute atomic E-state index is 0. The molecule has 0 aliphatic carbocycles. The molecule has 24 heavy (non-hydrogen) atoms. The highest BCUT2D eigenvalue weighted by Gasteiger charge is 2.15. The molecule has 2 atom stereocenters. The van der Waals surface area contributed by atoms with Crippen LogP contribution in [0, 0.1) is 0 Å². The fourth-order valence-corrected chi connectivity index (χ4v) is 2.89. The number of rotatable bonds is 7. The first-order chi connectivity index (χ1) is 11.1. The van der Waals surface area contributed by atoms with Gasteiger partial charge >= 0.3 is 0 Å². The maximum absolute atomic E-state index is 11.9. The lowest BCUT2D eigenvalue weighted by Crippen LogP contribution is -2.32. The zero-order valence-electron chi connectivity index (χ0n) is 14.8. The summed E-state index contributed by atoms with van der Waals surface area (Å²) in [6.07, 6.45) is 5.02. The predicted molar refractivity (Wildman–Crippen MR) is 101 cm³/mol. The van der Waals surface area contributed by atoms with E-state index in [1.54, 1.807) is 0 Å². The largest absolute Gasteiger partial charge is 0.378 e. The molecule has 1 saturated heterocycles. The topological polar surface area (TPSA) is 64.3 Å². The number of ether oxygens (including phenoxy) is 1. The van der Waals surface area contributed by atoms with Gasteiger partial charge in [0, 0.05) is 25.6 Å². The molecule has 0 saturated carbocycles. The lowest BCUT2D eigenvalue weighted by Gasteiger charge is -2.22. The van der Waals surface area contributed by atoms with Crippen LogP contribution in [0.4, 0.5) is 0 Å². The molecule has 1 aliphatic heterocycles. The second-order valence-electron chi connectivity index (χ2n) is 6.76. The van der Waals surface area contributed by atoms with E-state index < -0.39 is 0 Å². The van der Waals surface area contributed by atoms with Crippen molar-refractivity contribution in [2.75, 3.05) is 13.2 Å². The number of nitrogens with two attached hydrogens (primary N) is 1. The minimum atomic E-state index is -0.161. The van der Waals surface area contributed by atoms with Crippen LogP contribution in [0.3, 0.4) is 0 Å². The molecule has 0 bridgehead atoms. The van der Waals surface area contributed by atoms with E-state index in [4.69, 9.17) is 10.5 Å². The van der Waals surface area contributed by atoms with Gasteiger partial charge in [-0.05, 0) is 42.7 Å². The number of amides is 1. The Morgan fingerprint density at radius 1 is 1.25 bits per heavy atom. The van der Waals surface area contributed by atoms with Crippen LogP contribution in [0.5, 0.6) is 0 Å². The number of carbonyl (C=O) groups is 1. The molecule has 1 heterocycles. The Labute approximate surface area is 151 Å². The molecule has 0 radical (unpaired) electrons. The average molecular weight is 355 g/mol. The van der Waals surface area contributed by atoms with E-state index in [1.165, 1.54) is 12.0 Å². The van der Waals surface area contributed by atoms with Crippen molar-refractivity contribution in [1.29, 1.82) is 0 Å². The van der Waals surface area contributed by atoms with Crippen molar-refractivity contribution in [2.24, 2.45) is 5.73 Å². The Hall–Kier alpha value is -1.10. The lowest BCUT2D eigenvalue weighted by molar-refractivity contribution is -0.122. The van der Waals surface area contributed by atoms with Crippen LogP contribution in [0.1, 0.15) is 69.0 Å². The molecule has 0 spiro atoms. The van der Waals surface area contributed by atoms with Crippen molar-refractivity contribution in [3.05, 3.63) is 35.4 Å². The van der Waals surface area contributed by atoms with E-state index >= 15 is 0 Å². The Kier molecular flexibility index (Phi) is 9.34. The van der Waals surface area contributed by atoms with E-state index in [0.717, 1.165) is 31.4 Å². The fraction of sp³-hybridized carbons (Fsp3) is 0.632. The molecule has 136 valence electrons. The Bertz CT molecular complexity index is 485. The minimum Gasteiger partial charge on any atom is -0.378 e. The van der Waals surface area contributed by atoms with Crippen LogP contribution >= 0.6 is 12.4 Å². The fourth-order valence-electron chi connectivity index (χ4n) is 2.89. The summed E-state index contributed by atoms with van der Waals surface area (Å²) in [6.45, 7) is 5.66. The Balaban J connectivity index is 0.00000288. The van der Waals surface area contributed by atoms with E-state index in [9.17, 15) is 4.79 Å². The molecule has 3 N–H and O–H groups in total. The number of benzene rings is 1. The first-order valence-corrected chi connectivity index (χ1v) is 8.80. The van der Waals surface area contributed by atoms with Crippen LogP contribution in [0.25, 0.3) is 0 Å². The molecule has 1 aromatic carbocycles. The third-order valence-electron chi connectivity index (χ3n) is 4.52. The third kappa shape index (κ3) is 6.80. The highest BCUT2D eigenvalue weighted by atomic mass is 35.5. The van der Waals surface area contributed by atoms with Crippen molar-refractivity contribution in [2.45, 2.75) is 64.0 Å². The molecule has 1 fully saturated rings. The summed E-state index contributed by atoms with van der Waals surface area (Å²) in [5, 5.41) is 2.94. The number of carbonyl (C=O) groups excluding carboxylic acids is 1. The highest BCUT2D eigenvalue weighted by Crippen LogP contribution is 2.18. The summed E-state index contributed by atoms with van der Waals surface area (Å²) in [4.78, 5) is 11.9. The summed E-state index contributed by atoms with van der Waals surface area (Å²) in [7, 11) is 0. The summed E-state index contributed by atoms with van der Waals surface area (Å²) in [5.41, 5.74) is 8.53. The van der Waals surface area contributed by atoms with Crippen molar-refractivity contribution in [3.63, 3.8) is 0 Å². The van der Waals surface area contributed by atoms with Crippen LogP contribution in [-0.2, 0) is 9.53 Å². The van der Waals surface area contributed by atoms with Gasteiger partial charge in [0.25, 0.3) is 0 Å². The smallest absolute Gasteiger partial charge is 0.220 e. The first-order valence-electron chi connectivity index (χ1n) is 8.80. The second-order valence-corrected chi connectivity index (χ2v) is 6.76. The van der Waals surface area contributed by atoms with Crippen molar-refractivity contribution in [3.8, 4) is 0 Å². The molecule has 5 heteroatoms. The highest BCUT2D eigenvalue weighted by molar-refractivity contribution is 5.85. The molecular weight excluding hydrogens is 324 g/mol. The Morgan fingerprint density at radius 3 is 2.50 bits per heavy atom. The zero-order chi connectivity index (χ0) is 16.7. The van der Waals surface area contributed by atoms with Crippen LogP contribution in [0.2, 0.25) is 0 Å². The van der Waals surface area contributed by atoms with Crippen molar-refractivity contribution < 1.29 is 9.53 Å². The average Bonchev–Trinajstić information content (AvgIpc) is 2.58. The number of halogens is 1. The molecule has 4 nitrogen and oxygen atoms in total. The molecule has 2 rings (SSSR count). The van der Waals surface area contributed by atoms with Gasteiger partial charge in [0.05, 0.1) is 6.10 Å². The van der Waals surface area contributed by atoms with E-state index in [-0.39, 0.29) is 30.5 Å². The van der Waals surface area contributed by atoms with E-state index in [0.29, 0.717) is 18.9 Å². The predicted octanol–water partition coefficient (Wildman–Crippen LogP) is 3.70. The van der Waals surface area contributed by atoms with Crippen LogP contribution in [-0.4, -0.2) is 25.2 Å². The summed E-state index contributed by atoms with van der Waals surface area (Å²) >= 11 is 0. The Morgan fingerprint density at radius 2 is 1.92 bits per heavy atom. The molecule has 1 aliphatic rings. The molecular formula is C19H31ClN2O2. The van der Waals surface area contributed by atoms with Crippen molar-refractivity contribution in [1.82, 2.24) is 5.32 Å². The first kappa shape index (κ1) is 20.9. The van der Waals surface area contributed by atoms with Gasteiger partial charge < -0.3 is 15.8 Å². The number of hydrogen-bond acceptors (Lipinski definition) is 3. The van der Waals surface area contributed by atoms with Gasteiger partial charge in [-0.15, -0.1) is 12.4 Å². The number of hydrogen-bond donors (Lipinski definition) is 2. The molecule has 1 aromatic rings. The normalized spacial score (nSPS) is 18.8. The number of nitrogens with one attached hydrogen (secondary N) is 1. The van der Waals surface area contributed by atoms with Crippen LogP contribution in [0.15, 0.2) is 24.3 Å². The lowest BCUT2D eigenvalue weighted by atomic mass is 9.99. The van der Waals surface area contributed by atoms with Crippen molar-refractivity contribution >= 4 is 18.3 Å². The summed E-state index contributed by atoms with van der Waals surface area (Å²) in [6, 6.07) is 8.18. The maximum atomic E-state index is 11.9. The van der Waals surface area contributed by atoms with Gasteiger partial charge in [-0.3, -0.25) is 4.79 Å². The van der Waals surface area contributed by atoms with Gasteiger partial charge in [0.1, 0.15) is 0 Å². The molecule has 1 amide bonds. The maximum Gasteiger partial charge on any atom is 0.220 e. The molecule has 2 unspecified atom stereocenters. The van der Waals surface area contributed by atoms with E-state index in [1.807, 2.05) is 0 Å². The summed E-state index contributed by atoms with van der Waals surface area (Å²) in [5.74, 6) is 0.579. The monoisotopic (exact) mass is 354 g/mol. The summed E-state index contributed by atoms with van der Waals surface area (Å²) < 4.78 is 5.65. The second kappa shape index (κ2) is 10.7. The third-order valence-corrected chi connectivity index (χ3v) is 4.52. The van der Waals surface area contributed by atoms with Gasteiger partial charge in [0.2, 0.25) is 5.91 Å². The van der Waals surface area contributed by atoms with Crippen LogP contribution < -0.4 is 11.1 Å². The quantitative estimate of drug-likeness (QED) is 0.784. The van der Waals surface area contributed by atoms with Gasteiger partial charge in [-0.25, -0.2) is 0 Å². The molecule has 0 aromatic heterocycles. The SMILES string of the molecule is CC(C)c1ccc(C(N)CNC(=O)CCC2CCCCO2)cc1.Cl. The van der Waals surface area contributed by atoms with Gasteiger partial charge in [-0.2, -0.15) is 0 Å². The van der Waals surface area contributed by atoms with E-state index in [2.05, 4.69) is 43.4 Å². The standard InChI is InChI=1S/C19H30N2O2.ClH/c1-14(2)15-6-8-16(9-7-15)18(20)13-21-19(22)11-10-17-5-3-4-12-23-17;/h6-9,14,17-18H,3-5,10-13,20H2,1-2H3,(H,21,22);1H.